The molecule has 3 aromatic rings. The Morgan fingerprint density at radius 3 is 2.57 bits per heavy atom. The molecule has 0 amide bonds. The van der Waals surface area contributed by atoms with Crippen molar-refractivity contribution < 1.29 is 4.73 Å². The molecule has 0 radical (unpaired) electrons. The van der Waals surface area contributed by atoms with Crippen LogP contribution in [0.5, 0.6) is 0 Å². The molecule has 146 valence electrons. The molecule has 0 aliphatic heterocycles. The second-order valence-corrected chi connectivity index (χ2v) is 7.57. The van der Waals surface area contributed by atoms with E-state index in [1.807, 2.05) is 6.92 Å². The minimum absolute atomic E-state index is 0.0531. The quantitative estimate of drug-likeness (QED) is 0.496. The molecule has 2 aromatic heterocycles. The zero-order chi connectivity index (χ0) is 19.8. The van der Waals surface area contributed by atoms with E-state index in [0.29, 0.717) is 46.9 Å². The second-order valence-electron chi connectivity index (χ2n) is 7.13. The highest BCUT2D eigenvalue weighted by molar-refractivity contribution is 6.30. The number of hydrogen-bond donors (Lipinski definition) is 0. The van der Waals surface area contributed by atoms with Crippen molar-refractivity contribution in [3.63, 3.8) is 0 Å². The minimum atomic E-state index is -0.599. The Morgan fingerprint density at radius 2 is 1.86 bits per heavy atom. The third-order valence-corrected chi connectivity index (χ3v) is 5.43. The van der Waals surface area contributed by atoms with Gasteiger partial charge in [0, 0.05) is 18.0 Å². The number of aryl methyl sites for hydroxylation is 2. The Kier molecular flexibility index (Phi) is 4.93. The molecule has 0 fully saturated rings. The first-order valence-electron chi connectivity index (χ1n) is 9.54. The fourth-order valence-corrected chi connectivity index (χ4v) is 3.90. The molecular weight excluding hydrogens is 380 g/mol. The predicted molar refractivity (Wildman–Crippen MR) is 107 cm³/mol. The normalized spacial score (nSPS) is 13.6. The maximum Gasteiger partial charge on any atom is 0.333 e. The highest BCUT2D eigenvalue weighted by atomic mass is 35.5. The van der Waals surface area contributed by atoms with Gasteiger partial charge >= 0.3 is 16.8 Å². The second kappa shape index (κ2) is 7.39. The Bertz CT molecular complexity index is 1170. The predicted octanol–water partition coefficient (Wildman–Crippen LogP) is 2.18. The largest absolute Gasteiger partial charge is 0.618 e. The minimum Gasteiger partial charge on any atom is -0.618 e. The van der Waals surface area contributed by atoms with Crippen LogP contribution in [0.15, 0.2) is 33.9 Å². The molecule has 7 nitrogen and oxygen atoms in total. The average molecular weight is 401 g/mol. The summed E-state index contributed by atoms with van der Waals surface area (Å²) in [6.45, 7) is 2.41. The number of fused-ring (bicyclic) bond motifs is 2. The van der Waals surface area contributed by atoms with Gasteiger partial charge in [-0.15, -0.1) is 0 Å². The van der Waals surface area contributed by atoms with Crippen LogP contribution in [0.2, 0.25) is 5.02 Å². The lowest BCUT2D eigenvalue weighted by Gasteiger charge is -2.18. The molecule has 1 aliphatic carbocycles. The molecule has 0 atom stereocenters. The third-order valence-electron chi connectivity index (χ3n) is 5.18. The van der Waals surface area contributed by atoms with Gasteiger partial charge in [0.15, 0.2) is 0 Å². The van der Waals surface area contributed by atoms with Crippen LogP contribution in [0.4, 0.5) is 0 Å². The Balaban J connectivity index is 2.00. The van der Waals surface area contributed by atoms with Crippen molar-refractivity contribution in [2.24, 2.45) is 0 Å². The van der Waals surface area contributed by atoms with Crippen LogP contribution in [0.1, 0.15) is 43.1 Å². The van der Waals surface area contributed by atoms with Crippen molar-refractivity contribution in [2.45, 2.75) is 52.1 Å². The fourth-order valence-electron chi connectivity index (χ4n) is 3.78. The monoisotopic (exact) mass is 400 g/mol. The first kappa shape index (κ1) is 18.7. The summed E-state index contributed by atoms with van der Waals surface area (Å²) in [6, 6.07) is 6.94. The van der Waals surface area contributed by atoms with Gasteiger partial charge in [0.05, 0.1) is 6.54 Å². The summed E-state index contributed by atoms with van der Waals surface area (Å²) in [6.07, 6.45) is 3.84. The number of nitrogens with zero attached hydrogens (tertiary/aromatic N) is 4. The van der Waals surface area contributed by atoms with E-state index in [9.17, 15) is 14.8 Å². The van der Waals surface area contributed by atoms with Crippen LogP contribution < -0.4 is 16.0 Å². The number of benzene rings is 1. The van der Waals surface area contributed by atoms with Crippen molar-refractivity contribution in [2.75, 3.05) is 0 Å². The van der Waals surface area contributed by atoms with E-state index in [0.717, 1.165) is 23.0 Å². The molecule has 0 N–H and O–H groups in total. The van der Waals surface area contributed by atoms with Gasteiger partial charge in [0.25, 0.3) is 0 Å². The smallest absolute Gasteiger partial charge is 0.333 e. The molecular formula is C20H21ClN4O3. The van der Waals surface area contributed by atoms with E-state index in [2.05, 4.69) is 4.98 Å². The standard InChI is InChI=1S/C20H21ClN4O3/c1-2-11-23-18-17(25(28)16-6-4-3-5-15(16)22-18)19(26)24(20(23)27)12-13-7-9-14(21)10-8-13/h7-10H,2-6,11-12H2,1H3. The van der Waals surface area contributed by atoms with E-state index in [1.54, 1.807) is 24.3 Å². The van der Waals surface area contributed by atoms with Crippen LogP contribution in [-0.2, 0) is 25.9 Å². The van der Waals surface area contributed by atoms with Crippen LogP contribution >= 0.6 is 11.6 Å². The summed E-state index contributed by atoms with van der Waals surface area (Å²) in [5.74, 6) is 0. The van der Waals surface area contributed by atoms with E-state index in [1.165, 1.54) is 4.57 Å². The van der Waals surface area contributed by atoms with E-state index >= 15 is 0 Å². The van der Waals surface area contributed by atoms with E-state index in [-0.39, 0.29) is 17.7 Å². The van der Waals surface area contributed by atoms with Gasteiger partial charge in [-0.05, 0) is 43.4 Å². The molecule has 0 spiro atoms. The summed E-state index contributed by atoms with van der Waals surface area (Å²) in [7, 11) is 0. The zero-order valence-electron chi connectivity index (χ0n) is 15.7. The molecule has 0 bridgehead atoms. The average Bonchev–Trinajstić information content (AvgIpc) is 2.70. The SMILES string of the molecule is CCCn1c(=O)n(Cc2ccc(Cl)cc2)c(=O)c2c1nc1c([n+]2[O-])CCCC1. The molecule has 8 heteroatoms. The van der Waals surface area contributed by atoms with Crippen molar-refractivity contribution in [3.05, 3.63) is 72.3 Å². The molecule has 0 saturated heterocycles. The third kappa shape index (κ3) is 3.09. The van der Waals surface area contributed by atoms with Crippen molar-refractivity contribution in [1.82, 2.24) is 14.1 Å². The summed E-state index contributed by atoms with van der Waals surface area (Å²) in [4.78, 5) is 30.8. The van der Waals surface area contributed by atoms with Gasteiger partial charge in [-0.3, -0.25) is 9.36 Å². The first-order chi connectivity index (χ1) is 13.5. The van der Waals surface area contributed by atoms with E-state index < -0.39 is 11.2 Å². The molecule has 0 unspecified atom stereocenters. The zero-order valence-corrected chi connectivity index (χ0v) is 16.4. The number of aromatic nitrogens is 4. The van der Waals surface area contributed by atoms with Gasteiger partial charge < -0.3 is 5.21 Å². The van der Waals surface area contributed by atoms with Crippen LogP contribution in [0.25, 0.3) is 11.2 Å². The van der Waals surface area contributed by atoms with Gasteiger partial charge in [0.1, 0.15) is 5.69 Å². The highest BCUT2D eigenvalue weighted by Gasteiger charge is 2.28. The summed E-state index contributed by atoms with van der Waals surface area (Å²) in [5, 5.41) is 13.6. The summed E-state index contributed by atoms with van der Waals surface area (Å²) in [5.41, 5.74) is 1.11. The molecule has 1 aliphatic rings. The Morgan fingerprint density at radius 1 is 1.14 bits per heavy atom. The van der Waals surface area contributed by atoms with Gasteiger partial charge in [0.2, 0.25) is 11.3 Å². The number of hydrogen-bond acceptors (Lipinski definition) is 4. The molecule has 1 aromatic carbocycles. The van der Waals surface area contributed by atoms with Crippen LogP contribution in [0.3, 0.4) is 0 Å². The topological polar surface area (TPSA) is 83.8 Å². The summed E-state index contributed by atoms with van der Waals surface area (Å²) >= 11 is 5.92. The fraction of sp³-hybridized carbons (Fsp3) is 0.400. The van der Waals surface area contributed by atoms with Crippen LogP contribution in [0, 0.1) is 5.21 Å². The number of rotatable bonds is 4. The van der Waals surface area contributed by atoms with Crippen LogP contribution in [-0.4, -0.2) is 14.1 Å². The Labute approximate surface area is 166 Å². The van der Waals surface area contributed by atoms with Crippen molar-refractivity contribution >= 4 is 22.8 Å². The lowest BCUT2D eigenvalue weighted by Crippen LogP contribution is -2.48. The van der Waals surface area contributed by atoms with Crippen molar-refractivity contribution in [1.29, 1.82) is 0 Å². The van der Waals surface area contributed by atoms with E-state index in [4.69, 9.17) is 11.6 Å². The molecule has 4 rings (SSSR count). The molecule has 0 saturated carbocycles. The van der Waals surface area contributed by atoms with Crippen molar-refractivity contribution in [3.8, 4) is 0 Å². The maximum absolute atomic E-state index is 13.1. The Hall–Kier alpha value is -2.67. The van der Waals surface area contributed by atoms with Gasteiger partial charge in [-0.25, -0.2) is 14.3 Å². The molecule has 28 heavy (non-hydrogen) atoms. The lowest BCUT2D eigenvalue weighted by molar-refractivity contribution is -0.588. The maximum atomic E-state index is 13.1. The number of halogens is 1. The highest BCUT2D eigenvalue weighted by Crippen LogP contribution is 2.18. The van der Waals surface area contributed by atoms with Gasteiger partial charge in [-0.1, -0.05) is 30.7 Å². The van der Waals surface area contributed by atoms with Gasteiger partial charge in [-0.2, -0.15) is 4.73 Å². The lowest BCUT2D eigenvalue weighted by atomic mass is 10.0. The summed E-state index contributed by atoms with van der Waals surface area (Å²) < 4.78 is 3.28. The molecule has 2 heterocycles. The first-order valence-corrected chi connectivity index (χ1v) is 9.92.